The molecule has 0 radical (unpaired) electrons. The summed E-state index contributed by atoms with van der Waals surface area (Å²) >= 11 is 0. The van der Waals surface area contributed by atoms with Crippen LogP contribution < -0.4 is 0 Å². The molecule has 3 nitrogen and oxygen atoms in total. The van der Waals surface area contributed by atoms with Crippen molar-refractivity contribution >= 4 is 10.9 Å². The van der Waals surface area contributed by atoms with Gasteiger partial charge in [0.15, 0.2) is 0 Å². The molecule has 1 aromatic carbocycles. The Bertz CT molecular complexity index is 519. The molecule has 0 spiro atoms. The molecule has 0 fully saturated rings. The summed E-state index contributed by atoms with van der Waals surface area (Å²) in [5, 5.41) is 19.3. The van der Waals surface area contributed by atoms with Crippen molar-refractivity contribution in [3.05, 3.63) is 29.7 Å². The molecule has 4 heteroatoms. The van der Waals surface area contributed by atoms with Gasteiger partial charge in [0.2, 0.25) is 0 Å². The van der Waals surface area contributed by atoms with Crippen LogP contribution in [0.3, 0.4) is 0 Å². The number of aliphatic hydroxyl groups excluding tert-OH is 1. The second kappa shape index (κ2) is 4.14. The van der Waals surface area contributed by atoms with Crippen molar-refractivity contribution in [2.45, 2.75) is 19.9 Å². The van der Waals surface area contributed by atoms with Crippen molar-refractivity contribution in [1.29, 1.82) is 0 Å². The van der Waals surface area contributed by atoms with Crippen molar-refractivity contribution in [1.82, 2.24) is 4.57 Å². The number of aryl methyl sites for hydroxylation is 1. The van der Waals surface area contributed by atoms with Gasteiger partial charge in [0.25, 0.3) is 0 Å². The van der Waals surface area contributed by atoms with Gasteiger partial charge in [-0.3, -0.25) is 0 Å². The van der Waals surface area contributed by atoms with E-state index in [1.165, 1.54) is 6.07 Å². The minimum atomic E-state index is -0.451. The van der Waals surface area contributed by atoms with E-state index in [1.54, 1.807) is 0 Å². The molecule has 1 heterocycles. The van der Waals surface area contributed by atoms with E-state index in [0.717, 1.165) is 11.6 Å². The van der Waals surface area contributed by atoms with Crippen molar-refractivity contribution < 1.29 is 14.6 Å². The largest absolute Gasteiger partial charge is 0.507 e. The summed E-state index contributed by atoms with van der Waals surface area (Å²) in [6.45, 7) is 2.66. The number of hydrogen-bond acceptors (Lipinski definition) is 2. The normalized spacial score (nSPS) is 11.2. The number of phenols is 1. The van der Waals surface area contributed by atoms with E-state index in [0.29, 0.717) is 23.9 Å². The van der Waals surface area contributed by atoms with Crippen molar-refractivity contribution in [2.24, 2.45) is 0 Å². The highest BCUT2D eigenvalue weighted by Crippen LogP contribution is 2.31. The van der Waals surface area contributed by atoms with E-state index in [-0.39, 0.29) is 12.4 Å². The first-order valence-corrected chi connectivity index (χ1v) is 5.28. The first-order valence-electron chi connectivity index (χ1n) is 5.28. The minimum absolute atomic E-state index is 0.0135. The second-order valence-corrected chi connectivity index (χ2v) is 3.73. The number of rotatable bonds is 3. The lowest BCUT2D eigenvalue weighted by Crippen LogP contribution is -1.91. The minimum Gasteiger partial charge on any atom is -0.507 e. The molecule has 0 aliphatic rings. The van der Waals surface area contributed by atoms with Crippen LogP contribution in [0.25, 0.3) is 10.9 Å². The first-order chi connectivity index (χ1) is 7.67. The molecular formula is C12H14FNO2. The quantitative estimate of drug-likeness (QED) is 0.836. The molecule has 0 bridgehead atoms. The van der Waals surface area contributed by atoms with Crippen LogP contribution in [-0.4, -0.2) is 21.4 Å². The Labute approximate surface area is 92.7 Å². The lowest BCUT2D eigenvalue weighted by molar-refractivity contribution is 0.300. The van der Waals surface area contributed by atoms with E-state index in [4.69, 9.17) is 5.11 Å². The average molecular weight is 223 g/mol. The van der Waals surface area contributed by atoms with Crippen LogP contribution in [0, 0.1) is 5.82 Å². The van der Waals surface area contributed by atoms with E-state index in [1.807, 2.05) is 17.7 Å². The Hall–Kier alpha value is -1.55. The highest BCUT2D eigenvalue weighted by Gasteiger charge is 2.12. The van der Waals surface area contributed by atoms with E-state index < -0.39 is 5.82 Å². The molecule has 2 aromatic rings. The molecule has 86 valence electrons. The fourth-order valence-electron chi connectivity index (χ4n) is 2.03. The average Bonchev–Trinajstić information content (AvgIpc) is 2.57. The molecule has 0 unspecified atom stereocenters. The summed E-state index contributed by atoms with van der Waals surface area (Å²) < 4.78 is 15.1. The number of phenolic OH excluding ortho intramolecular Hbond substituents is 1. The fraction of sp³-hybridized carbons (Fsp3) is 0.333. The third-order valence-electron chi connectivity index (χ3n) is 2.73. The van der Waals surface area contributed by atoms with Crippen LogP contribution in [0.1, 0.15) is 12.5 Å². The lowest BCUT2D eigenvalue weighted by atomic mass is 10.1. The van der Waals surface area contributed by atoms with Crippen LogP contribution in [0.2, 0.25) is 0 Å². The van der Waals surface area contributed by atoms with Crippen LogP contribution >= 0.6 is 0 Å². The van der Waals surface area contributed by atoms with Gasteiger partial charge in [-0.15, -0.1) is 0 Å². The topological polar surface area (TPSA) is 45.4 Å². The highest BCUT2D eigenvalue weighted by atomic mass is 19.1. The van der Waals surface area contributed by atoms with Gasteiger partial charge in [-0.25, -0.2) is 4.39 Å². The second-order valence-electron chi connectivity index (χ2n) is 3.73. The van der Waals surface area contributed by atoms with Gasteiger partial charge in [-0.1, -0.05) is 0 Å². The molecule has 0 saturated carbocycles. The summed E-state index contributed by atoms with van der Waals surface area (Å²) in [7, 11) is 0. The maximum Gasteiger partial charge on any atom is 0.129 e. The predicted molar refractivity (Wildman–Crippen MR) is 60.0 cm³/mol. The summed E-state index contributed by atoms with van der Waals surface area (Å²) in [4.78, 5) is 0. The van der Waals surface area contributed by atoms with Gasteiger partial charge in [0.05, 0.1) is 5.52 Å². The molecule has 0 aliphatic carbocycles. The monoisotopic (exact) mass is 223 g/mol. The van der Waals surface area contributed by atoms with Crippen LogP contribution in [-0.2, 0) is 13.0 Å². The molecule has 0 saturated heterocycles. The zero-order valence-electron chi connectivity index (χ0n) is 9.07. The standard InChI is InChI=1S/C12H14FNO2/c1-2-14-7-8(3-4-15)12-10(14)5-9(13)6-11(12)16/h5-7,15-16H,2-4H2,1H3. The maximum atomic E-state index is 13.2. The number of aliphatic hydroxyl groups is 1. The van der Waals surface area contributed by atoms with Crippen LogP contribution in [0.15, 0.2) is 18.3 Å². The number of aromatic hydroxyl groups is 1. The van der Waals surface area contributed by atoms with E-state index >= 15 is 0 Å². The number of aromatic nitrogens is 1. The summed E-state index contributed by atoms with van der Waals surface area (Å²) in [5.74, 6) is -0.515. The third-order valence-corrected chi connectivity index (χ3v) is 2.73. The molecule has 2 N–H and O–H groups in total. The van der Waals surface area contributed by atoms with Gasteiger partial charge in [0, 0.05) is 30.8 Å². The highest BCUT2D eigenvalue weighted by molar-refractivity contribution is 5.89. The molecule has 1 aromatic heterocycles. The van der Waals surface area contributed by atoms with Gasteiger partial charge < -0.3 is 14.8 Å². The molecule has 16 heavy (non-hydrogen) atoms. The van der Waals surface area contributed by atoms with Crippen LogP contribution in [0.4, 0.5) is 4.39 Å². The van der Waals surface area contributed by atoms with Gasteiger partial charge in [0.1, 0.15) is 11.6 Å². The van der Waals surface area contributed by atoms with Crippen LogP contribution in [0.5, 0.6) is 5.75 Å². The summed E-state index contributed by atoms with van der Waals surface area (Å²) in [6.07, 6.45) is 2.31. The molecule has 2 rings (SSSR count). The number of benzene rings is 1. The Kier molecular flexibility index (Phi) is 2.83. The Balaban J connectivity index is 2.74. The molecule has 0 amide bonds. The van der Waals surface area contributed by atoms with Gasteiger partial charge in [-0.2, -0.15) is 0 Å². The lowest BCUT2D eigenvalue weighted by Gasteiger charge is -2.02. The van der Waals surface area contributed by atoms with Crippen molar-refractivity contribution in [3.8, 4) is 5.75 Å². The number of nitrogens with zero attached hydrogens (tertiary/aromatic N) is 1. The number of halogens is 1. The Morgan fingerprint density at radius 1 is 1.38 bits per heavy atom. The summed E-state index contributed by atoms with van der Waals surface area (Å²) in [5.41, 5.74) is 1.51. The smallest absolute Gasteiger partial charge is 0.129 e. The molecule has 0 atom stereocenters. The Morgan fingerprint density at radius 2 is 2.12 bits per heavy atom. The number of hydrogen-bond donors (Lipinski definition) is 2. The first kappa shape index (κ1) is 11.0. The zero-order chi connectivity index (χ0) is 11.7. The molecular weight excluding hydrogens is 209 g/mol. The molecule has 0 aliphatic heterocycles. The van der Waals surface area contributed by atoms with E-state index in [2.05, 4.69) is 0 Å². The Morgan fingerprint density at radius 3 is 2.75 bits per heavy atom. The van der Waals surface area contributed by atoms with Crippen molar-refractivity contribution in [3.63, 3.8) is 0 Å². The zero-order valence-corrected chi connectivity index (χ0v) is 9.07. The predicted octanol–water partition coefficient (Wildman–Crippen LogP) is 2.04. The van der Waals surface area contributed by atoms with Gasteiger partial charge in [-0.05, 0) is 25.0 Å². The maximum absolute atomic E-state index is 13.2. The van der Waals surface area contributed by atoms with Crippen molar-refractivity contribution in [2.75, 3.05) is 6.61 Å². The fourth-order valence-corrected chi connectivity index (χ4v) is 2.03. The SMILES string of the molecule is CCn1cc(CCO)c2c(O)cc(F)cc21. The van der Waals surface area contributed by atoms with E-state index in [9.17, 15) is 9.50 Å². The van der Waals surface area contributed by atoms with Gasteiger partial charge >= 0.3 is 0 Å². The summed E-state index contributed by atoms with van der Waals surface area (Å²) in [6, 6.07) is 2.50. The third kappa shape index (κ3) is 1.65. The number of fused-ring (bicyclic) bond motifs is 1.